The quantitative estimate of drug-likeness (QED) is 0.882. The molecule has 0 spiro atoms. The Labute approximate surface area is 152 Å². The number of fused-ring (bicyclic) bond motifs is 1. The van der Waals surface area contributed by atoms with Crippen LogP contribution in [0.3, 0.4) is 0 Å². The van der Waals surface area contributed by atoms with E-state index >= 15 is 0 Å². The summed E-state index contributed by atoms with van der Waals surface area (Å²) in [6, 6.07) is 12.9. The van der Waals surface area contributed by atoms with Gasteiger partial charge in [-0.15, -0.1) is 0 Å². The first-order valence-electron chi connectivity index (χ1n) is 8.51. The lowest BCUT2D eigenvalue weighted by Crippen LogP contribution is -2.23. The third-order valence-corrected chi connectivity index (χ3v) is 5.79. The lowest BCUT2D eigenvalue weighted by molar-refractivity contribution is 0.215. The van der Waals surface area contributed by atoms with Crippen LogP contribution in [0.2, 0.25) is 5.02 Å². The van der Waals surface area contributed by atoms with Crippen LogP contribution >= 0.6 is 11.6 Å². The number of anilines is 1. The van der Waals surface area contributed by atoms with Crippen LogP contribution in [0.1, 0.15) is 17.5 Å². The first-order chi connectivity index (χ1) is 12.0. The molecule has 4 rings (SSSR count). The van der Waals surface area contributed by atoms with Crippen LogP contribution in [0.5, 0.6) is 5.75 Å². The minimum absolute atomic E-state index is 0.198. The molecule has 130 valence electrons. The van der Waals surface area contributed by atoms with E-state index in [-0.39, 0.29) is 5.41 Å². The molecule has 25 heavy (non-hydrogen) atoms. The number of ether oxygens (including phenoxy) is 1. The first kappa shape index (κ1) is 16.4. The predicted molar refractivity (Wildman–Crippen MR) is 99.6 cm³/mol. The third-order valence-electron chi connectivity index (χ3n) is 5.40. The highest BCUT2D eigenvalue weighted by Gasteiger charge is 2.60. The van der Waals surface area contributed by atoms with Gasteiger partial charge in [0.2, 0.25) is 0 Å². The number of halogens is 1. The summed E-state index contributed by atoms with van der Waals surface area (Å²) in [6.07, 6.45) is 0.692. The Balaban J connectivity index is 1.56. The van der Waals surface area contributed by atoms with Crippen LogP contribution < -0.4 is 10.1 Å². The highest BCUT2D eigenvalue weighted by Crippen LogP contribution is 2.60. The second-order valence-corrected chi connectivity index (χ2v) is 7.62. The van der Waals surface area contributed by atoms with E-state index in [0.717, 1.165) is 18.7 Å². The van der Waals surface area contributed by atoms with Crippen molar-refractivity contribution in [1.82, 2.24) is 4.90 Å². The molecule has 2 unspecified atom stereocenters. The number of nitrogens with zero attached hydrogens (tertiary/aromatic N) is 1. The molecular weight excluding hydrogens is 336 g/mol. The van der Waals surface area contributed by atoms with Crippen molar-refractivity contribution in [2.24, 2.45) is 5.92 Å². The summed E-state index contributed by atoms with van der Waals surface area (Å²) in [5.41, 5.74) is 3.25. The Morgan fingerprint density at radius 2 is 2.08 bits per heavy atom. The van der Waals surface area contributed by atoms with Gasteiger partial charge in [0, 0.05) is 29.2 Å². The van der Waals surface area contributed by atoms with Crippen LogP contribution in [-0.4, -0.2) is 31.1 Å². The number of nitrogens with one attached hydrogen (secondary N) is 1. The average molecular weight is 357 g/mol. The van der Waals surface area contributed by atoms with Crippen molar-refractivity contribution >= 4 is 23.4 Å². The number of carbonyl (C=O) groups excluding carboxylic acids is 1. The van der Waals surface area contributed by atoms with E-state index in [2.05, 4.69) is 30.3 Å². The van der Waals surface area contributed by atoms with Crippen LogP contribution in [0, 0.1) is 12.8 Å². The molecule has 0 radical (unpaired) electrons. The number of para-hydroxylation sites is 1. The number of benzene rings is 2. The maximum Gasteiger partial charge on any atom is 0.417 e. The van der Waals surface area contributed by atoms with Crippen molar-refractivity contribution in [2.45, 2.75) is 18.8 Å². The third kappa shape index (κ3) is 3.00. The number of hydrogen-bond acceptors (Lipinski definition) is 3. The molecule has 2 aliphatic rings. The monoisotopic (exact) mass is 356 g/mol. The molecule has 2 atom stereocenters. The van der Waals surface area contributed by atoms with Crippen LogP contribution in [0.4, 0.5) is 10.5 Å². The lowest BCUT2D eigenvalue weighted by atomic mass is 9.90. The fourth-order valence-electron chi connectivity index (χ4n) is 4.16. The summed E-state index contributed by atoms with van der Waals surface area (Å²) in [7, 11) is 2.16. The largest absolute Gasteiger partial charge is 0.417 e. The van der Waals surface area contributed by atoms with E-state index in [9.17, 15) is 4.79 Å². The molecule has 4 nitrogen and oxygen atoms in total. The molecule has 1 heterocycles. The fraction of sp³-hybridized carbons (Fsp3) is 0.350. The Morgan fingerprint density at radius 3 is 2.76 bits per heavy atom. The molecular formula is C20H21ClN2O2. The molecule has 1 saturated carbocycles. The molecule has 5 heteroatoms. The number of likely N-dealkylation sites (tertiary alicyclic amines) is 1. The normalized spacial score (nSPS) is 24.7. The number of rotatable bonds is 3. The number of amides is 1. The number of likely N-dealkylation sites (N-methyl/N-ethyl adjacent to an activating group) is 1. The SMILES string of the molecule is Cc1c(Cl)cc(NC(=O)Oc2ccccc2)cc1C12CC1CN(C)C2. The zero-order valence-electron chi connectivity index (χ0n) is 14.4. The second-order valence-electron chi connectivity index (χ2n) is 7.21. The fourth-order valence-corrected chi connectivity index (χ4v) is 4.38. The van der Waals surface area contributed by atoms with Gasteiger partial charge in [0.05, 0.1) is 0 Å². The van der Waals surface area contributed by atoms with Gasteiger partial charge in [-0.2, -0.15) is 0 Å². The highest BCUT2D eigenvalue weighted by atomic mass is 35.5. The van der Waals surface area contributed by atoms with Gasteiger partial charge in [0.15, 0.2) is 0 Å². The van der Waals surface area contributed by atoms with Crippen molar-refractivity contribution in [3.8, 4) is 5.75 Å². The Hall–Kier alpha value is -2.04. The minimum atomic E-state index is -0.509. The first-order valence-corrected chi connectivity index (χ1v) is 8.89. The van der Waals surface area contributed by atoms with Crippen LogP contribution in [-0.2, 0) is 5.41 Å². The smallest absolute Gasteiger partial charge is 0.410 e. The average Bonchev–Trinajstić information content (AvgIpc) is 3.14. The molecule has 2 fully saturated rings. The van der Waals surface area contributed by atoms with Crippen LogP contribution in [0.25, 0.3) is 0 Å². The van der Waals surface area contributed by atoms with E-state index in [1.165, 1.54) is 12.0 Å². The van der Waals surface area contributed by atoms with Gasteiger partial charge in [-0.1, -0.05) is 29.8 Å². The summed E-state index contributed by atoms with van der Waals surface area (Å²) in [6.45, 7) is 4.24. The second kappa shape index (κ2) is 6.04. The van der Waals surface area contributed by atoms with Crippen LogP contribution in [0.15, 0.2) is 42.5 Å². The molecule has 0 aromatic heterocycles. The van der Waals surface area contributed by atoms with Gasteiger partial charge in [0.1, 0.15) is 5.75 Å². The molecule has 0 bridgehead atoms. The Bertz CT molecular complexity index is 824. The van der Waals surface area contributed by atoms with Crippen molar-refractivity contribution in [3.63, 3.8) is 0 Å². The summed E-state index contributed by atoms with van der Waals surface area (Å²) in [4.78, 5) is 14.5. The summed E-state index contributed by atoms with van der Waals surface area (Å²) in [5.74, 6) is 1.20. The molecule has 1 aliphatic carbocycles. The standard InChI is InChI=1S/C20H21ClN2O2/c1-13-17(20-10-14(20)11-23(2)12-20)8-15(9-18(13)21)22-19(24)25-16-6-4-3-5-7-16/h3-9,14H,10-12H2,1-2H3,(H,22,24). The summed E-state index contributed by atoms with van der Waals surface area (Å²) in [5, 5.41) is 3.49. The number of hydrogen-bond donors (Lipinski definition) is 1. The van der Waals surface area contributed by atoms with Crippen molar-refractivity contribution in [1.29, 1.82) is 0 Å². The van der Waals surface area contributed by atoms with E-state index in [1.54, 1.807) is 18.2 Å². The van der Waals surface area contributed by atoms with Crippen molar-refractivity contribution in [3.05, 3.63) is 58.6 Å². The van der Waals surface area contributed by atoms with Gasteiger partial charge in [-0.05, 0) is 61.7 Å². The van der Waals surface area contributed by atoms with Gasteiger partial charge < -0.3 is 9.64 Å². The van der Waals surface area contributed by atoms with Crippen molar-refractivity contribution in [2.75, 3.05) is 25.5 Å². The maximum absolute atomic E-state index is 12.2. The number of piperidine rings is 1. The van der Waals surface area contributed by atoms with Gasteiger partial charge in [0.25, 0.3) is 0 Å². The zero-order valence-corrected chi connectivity index (χ0v) is 15.1. The van der Waals surface area contributed by atoms with E-state index in [4.69, 9.17) is 16.3 Å². The summed E-state index contributed by atoms with van der Waals surface area (Å²) >= 11 is 6.45. The molecule has 2 aromatic carbocycles. The van der Waals surface area contributed by atoms with E-state index in [0.29, 0.717) is 22.4 Å². The molecule has 2 aromatic rings. The van der Waals surface area contributed by atoms with E-state index in [1.807, 2.05) is 18.2 Å². The van der Waals surface area contributed by atoms with Gasteiger partial charge >= 0.3 is 6.09 Å². The van der Waals surface area contributed by atoms with Gasteiger partial charge in [-0.3, -0.25) is 5.32 Å². The zero-order chi connectivity index (χ0) is 17.6. The Kier molecular flexibility index (Phi) is 3.97. The minimum Gasteiger partial charge on any atom is -0.410 e. The molecule has 1 amide bonds. The van der Waals surface area contributed by atoms with Gasteiger partial charge in [-0.25, -0.2) is 4.79 Å². The predicted octanol–water partition coefficient (Wildman–Crippen LogP) is 4.46. The molecule has 1 aliphatic heterocycles. The maximum atomic E-state index is 12.2. The molecule has 1 N–H and O–H groups in total. The highest BCUT2D eigenvalue weighted by molar-refractivity contribution is 6.31. The molecule has 1 saturated heterocycles. The summed E-state index contributed by atoms with van der Waals surface area (Å²) < 4.78 is 5.31. The Morgan fingerprint density at radius 1 is 1.32 bits per heavy atom. The number of carbonyl (C=O) groups is 1. The van der Waals surface area contributed by atoms with E-state index < -0.39 is 6.09 Å². The lowest BCUT2D eigenvalue weighted by Gasteiger charge is -2.21. The van der Waals surface area contributed by atoms with Crippen molar-refractivity contribution < 1.29 is 9.53 Å². The topological polar surface area (TPSA) is 41.6 Å².